The predicted molar refractivity (Wildman–Crippen MR) is 107 cm³/mol. The third kappa shape index (κ3) is 4.57. The molecule has 3 heterocycles. The smallest absolute Gasteiger partial charge is 0.273 e. The number of ether oxygens (including phenoxy) is 1. The van der Waals surface area contributed by atoms with Gasteiger partial charge in [0.25, 0.3) is 5.91 Å². The van der Waals surface area contributed by atoms with Crippen molar-refractivity contribution in [3.63, 3.8) is 0 Å². The lowest BCUT2D eigenvalue weighted by Gasteiger charge is -2.12. The molecule has 0 radical (unpaired) electrons. The highest BCUT2D eigenvalue weighted by Gasteiger charge is 2.15. The van der Waals surface area contributed by atoms with Crippen LogP contribution in [0.15, 0.2) is 71.7 Å². The summed E-state index contributed by atoms with van der Waals surface area (Å²) in [6.45, 7) is 2.04. The van der Waals surface area contributed by atoms with E-state index in [9.17, 15) is 4.79 Å². The number of fused-ring (bicyclic) bond motifs is 1. The molecule has 3 aromatic heterocycles. The zero-order valence-corrected chi connectivity index (χ0v) is 15.9. The summed E-state index contributed by atoms with van der Waals surface area (Å²) in [4.78, 5) is 25.1. The van der Waals surface area contributed by atoms with Crippen LogP contribution in [0.1, 0.15) is 28.9 Å². The van der Waals surface area contributed by atoms with Gasteiger partial charge in [0.15, 0.2) is 12.3 Å². The number of para-hydroxylation sites is 1. The topological polar surface area (TPSA) is 90.1 Å². The molecule has 7 heteroatoms. The van der Waals surface area contributed by atoms with Crippen molar-refractivity contribution < 1.29 is 13.9 Å². The fourth-order valence-electron chi connectivity index (χ4n) is 3.03. The van der Waals surface area contributed by atoms with E-state index in [2.05, 4.69) is 20.3 Å². The van der Waals surface area contributed by atoms with Crippen LogP contribution in [0.4, 0.5) is 0 Å². The minimum Gasteiger partial charge on any atom is -0.482 e. The number of carbonyl (C=O) groups excluding carboxylic acids is 1. The SMILES string of the molecule is CC(Cc1cccnc1)NC(=O)c1coc(COc2cccc3cccnc23)n1. The zero-order valence-electron chi connectivity index (χ0n) is 15.9. The fourth-order valence-corrected chi connectivity index (χ4v) is 3.03. The highest BCUT2D eigenvalue weighted by Crippen LogP contribution is 2.23. The van der Waals surface area contributed by atoms with Crippen molar-refractivity contribution in [3.8, 4) is 5.75 Å². The number of benzene rings is 1. The molecule has 4 aromatic rings. The first-order valence-corrected chi connectivity index (χ1v) is 9.30. The van der Waals surface area contributed by atoms with Crippen molar-refractivity contribution >= 4 is 16.8 Å². The van der Waals surface area contributed by atoms with E-state index in [0.29, 0.717) is 18.1 Å². The van der Waals surface area contributed by atoms with Gasteiger partial charge in [-0.2, -0.15) is 0 Å². The van der Waals surface area contributed by atoms with Crippen LogP contribution in [0, 0.1) is 0 Å². The lowest BCUT2D eigenvalue weighted by atomic mass is 10.1. The molecule has 0 fully saturated rings. The summed E-state index contributed by atoms with van der Waals surface area (Å²) in [5.74, 6) is 0.670. The number of amides is 1. The normalized spacial score (nSPS) is 11.9. The molecule has 7 nitrogen and oxygen atoms in total. The highest BCUT2D eigenvalue weighted by molar-refractivity contribution is 5.92. The summed E-state index contributed by atoms with van der Waals surface area (Å²) in [5.41, 5.74) is 2.04. The number of oxazole rings is 1. The van der Waals surface area contributed by atoms with Crippen LogP contribution >= 0.6 is 0 Å². The number of pyridine rings is 2. The largest absolute Gasteiger partial charge is 0.482 e. The van der Waals surface area contributed by atoms with E-state index in [0.717, 1.165) is 16.5 Å². The van der Waals surface area contributed by atoms with E-state index in [-0.39, 0.29) is 24.2 Å². The lowest BCUT2D eigenvalue weighted by Crippen LogP contribution is -2.34. The Bertz CT molecular complexity index is 1110. The summed E-state index contributed by atoms with van der Waals surface area (Å²) in [5, 5.41) is 3.90. The number of carbonyl (C=O) groups is 1. The minimum atomic E-state index is -0.289. The molecule has 0 saturated carbocycles. The molecule has 1 unspecified atom stereocenters. The molecule has 0 aliphatic rings. The van der Waals surface area contributed by atoms with Gasteiger partial charge in [-0.15, -0.1) is 0 Å². The van der Waals surface area contributed by atoms with Gasteiger partial charge in [-0.3, -0.25) is 14.8 Å². The first-order valence-electron chi connectivity index (χ1n) is 9.30. The summed E-state index contributed by atoms with van der Waals surface area (Å²) in [7, 11) is 0. The lowest BCUT2D eigenvalue weighted by molar-refractivity contribution is 0.0935. The van der Waals surface area contributed by atoms with E-state index < -0.39 is 0 Å². The van der Waals surface area contributed by atoms with Gasteiger partial charge < -0.3 is 14.5 Å². The average Bonchev–Trinajstić information content (AvgIpc) is 3.22. The van der Waals surface area contributed by atoms with Crippen molar-refractivity contribution in [3.05, 3.63) is 84.5 Å². The third-order valence-corrected chi connectivity index (χ3v) is 4.37. The molecule has 29 heavy (non-hydrogen) atoms. The first-order chi connectivity index (χ1) is 14.2. The maximum Gasteiger partial charge on any atom is 0.273 e. The molecule has 1 atom stereocenters. The minimum absolute atomic E-state index is 0.0649. The predicted octanol–water partition coefficient (Wildman–Crippen LogP) is 3.56. The van der Waals surface area contributed by atoms with Crippen molar-refractivity contribution in [2.45, 2.75) is 26.0 Å². The van der Waals surface area contributed by atoms with Crippen molar-refractivity contribution in [2.75, 3.05) is 0 Å². The number of aromatic nitrogens is 3. The second kappa shape index (κ2) is 8.52. The van der Waals surface area contributed by atoms with E-state index in [4.69, 9.17) is 9.15 Å². The summed E-state index contributed by atoms with van der Waals surface area (Å²) in [6, 6.07) is 13.3. The molecule has 146 valence electrons. The first kappa shape index (κ1) is 18.6. The number of hydrogen-bond acceptors (Lipinski definition) is 6. The van der Waals surface area contributed by atoms with Crippen LogP contribution in [-0.2, 0) is 13.0 Å². The Morgan fingerprint density at radius 3 is 2.90 bits per heavy atom. The highest BCUT2D eigenvalue weighted by atomic mass is 16.5. The van der Waals surface area contributed by atoms with Gasteiger partial charge in [0.1, 0.15) is 17.5 Å². The van der Waals surface area contributed by atoms with Gasteiger partial charge in [0, 0.05) is 30.0 Å². The van der Waals surface area contributed by atoms with E-state index in [1.165, 1.54) is 6.26 Å². The fraction of sp³-hybridized carbons (Fsp3) is 0.182. The van der Waals surface area contributed by atoms with E-state index in [1.54, 1.807) is 18.6 Å². The van der Waals surface area contributed by atoms with Gasteiger partial charge in [0.05, 0.1) is 0 Å². The van der Waals surface area contributed by atoms with Crippen LogP contribution in [0.25, 0.3) is 10.9 Å². The Morgan fingerprint density at radius 1 is 1.17 bits per heavy atom. The second-order valence-corrected chi connectivity index (χ2v) is 6.69. The van der Waals surface area contributed by atoms with Crippen LogP contribution in [0.5, 0.6) is 5.75 Å². The molecule has 1 N–H and O–H groups in total. The Balaban J connectivity index is 1.36. The zero-order chi connectivity index (χ0) is 20.1. The molecule has 0 saturated heterocycles. The Morgan fingerprint density at radius 2 is 2.03 bits per heavy atom. The third-order valence-electron chi connectivity index (χ3n) is 4.37. The van der Waals surface area contributed by atoms with Crippen LogP contribution in [-0.4, -0.2) is 26.9 Å². The number of rotatable bonds is 7. The van der Waals surface area contributed by atoms with Crippen LogP contribution in [0.3, 0.4) is 0 Å². The maximum absolute atomic E-state index is 12.4. The van der Waals surface area contributed by atoms with E-state index >= 15 is 0 Å². The van der Waals surface area contributed by atoms with Crippen LogP contribution in [0.2, 0.25) is 0 Å². The maximum atomic E-state index is 12.4. The molecular formula is C22H20N4O3. The van der Waals surface area contributed by atoms with Gasteiger partial charge in [-0.05, 0) is 37.1 Å². The number of hydrogen-bond donors (Lipinski definition) is 1. The quantitative estimate of drug-likeness (QED) is 0.521. The molecule has 0 bridgehead atoms. The molecule has 1 amide bonds. The molecular weight excluding hydrogens is 368 g/mol. The Kier molecular flexibility index (Phi) is 5.47. The summed E-state index contributed by atoms with van der Waals surface area (Å²) in [6.07, 6.45) is 7.25. The van der Waals surface area contributed by atoms with Gasteiger partial charge in [0.2, 0.25) is 5.89 Å². The second-order valence-electron chi connectivity index (χ2n) is 6.69. The van der Waals surface area contributed by atoms with Crippen molar-refractivity contribution in [1.29, 1.82) is 0 Å². The molecule has 0 spiro atoms. The summed E-state index contributed by atoms with van der Waals surface area (Å²) >= 11 is 0. The van der Waals surface area contributed by atoms with Gasteiger partial charge in [-0.25, -0.2) is 4.98 Å². The Labute approximate surface area is 167 Å². The molecule has 0 aliphatic carbocycles. The van der Waals surface area contributed by atoms with Crippen molar-refractivity contribution in [2.24, 2.45) is 0 Å². The average molecular weight is 388 g/mol. The molecule has 1 aromatic carbocycles. The van der Waals surface area contributed by atoms with Crippen molar-refractivity contribution in [1.82, 2.24) is 20.3 Å². The monoisotopic (exact) mass is 388 g/mol. The van der Waals surface area contributed by atoms with Gasteiger partial charge in [-0.1, -0.05) is 24.3 Å². The van der Waals surface area contributed by atoms with E-state index in [1.807, 2.05) is 49.4 Å². The van der Waals surface area contributed by atoms with Gasteiger partial charge >= 0.3 is 0 Å². The standard InChI is InChI=1S/C22H20N4O3/c1-15(11-16-5-3-9-23-12-16)25-22(27)18-13-29-20(26-18)14-28-19-8-2-6-17-7-4-10-24-21(17)19/h2-10,12-13,15H,11,14H2,1H3,(H,25,27). The summed E-state index contributed by atoms with van der Waals surface area (Å²) < 4.78 is 11.2. The van der Waals surface area contributed by atoms with Crippen LogP contribution < -0.4 is 10.1 Å². The Hall–Kier alpha value is -3.74. The molecule has 0 aliphatic heterocycles. The molecule has 4 rings (SSSR count). The number of nitrogens with zero attached hydrogens (tertiary/aromatic N) is 3. The number of nitrogens with one attached hydrogen (secondary N) is 1.